The van der Waals surface area contributed by atoms with Gasteiger partial charge in [-0.25, -0.2) is 13.2 Å². The van der Waals surface area contributed by atoms with Crippen LogP contribution in [-0.4, -0.2) is 96.7 Å². The number of hydrogen-bond donors (Lipinski definition) is 3. The molecule has 5 atom stereocenters. The molecular weight excluding hydrogens is 739 g/mol. The molecule has 3 aliphatic heterocycles. The molecular formula is C41H59N5O9S. The number of hydrogen-bond acceptors (Lipinski definition) is 9. The molecule has 0 radical (unpaired) electrons. The summed E-state index contributed by atoms with van der Waals surface area (Å²) in [6.45, 7) is 6.91. The van der Waals surface area contributed by atoms with Gasteiger partial charge in [0.1, 0.15) is 24.2 Å². The van der Waals surface area contributed by atoms with Crippen molar-refractivity contribution < 1.29 is 41.9 Å². The molecule has 14 nitrogen and oxygen atoms in total. The highest BCUT2D eigenvalue weighted by atomic mass is 32.2. The number of nitrogens with one attached hydrogen (secondary N) is 3. The van der Waals surface area contributed by atoms with Crippen LogP contribution in [0, 0.1) is 17.3 Å². The van der Waals surface area contributed by atoms with Crippen molar-refractivity contribution in [3.63, 3.8) is 0 Å². The number of amides is 5. The van der Waals surface area contributed by atoms with Crippen LogP contribution in [0.1, 0.15) is 121 Å². The number of aryl methyl sites for hydroxylation is 1. The van der Waals surface area contributed by atoms with Gasteiger partial charge < -0.3 is 29.9 Å². The zero-order valence-electron chi connectivity index (χ0n) is 33.1. The van der Waals surface area contributed by atoms with E-state index in [1.165, 1.54) is 16.0 Å². The van der Waals surface area contributed by atoms with Crippen molar-refractivity contribution in [3.8, 4) is 0 Å². The third kappa shape index (κ3) is 8.88. The molecule has 4 bridgehead atoms. The first-order chi connectivity index (χ1) is 26.7. The molecule has 7 rings (SSSR count). The van der Waals surface area contributed by atoms with Gasteiger partial charge >= 0.3 is 6.09 Å². The molecule has 3 heterocycles. The average Bonchev–Trinajstić information content (AvgIpc) is 4.07. The van der Waals surface area contributed by atoms with Crippen molar-refractivity contribution in [1.82, 2.24) is 25.2 Å². The van der Waals surface area contributed by atoms with Gasteiger partial charge in [0, 0.05) is 26.1 Å². The highest BCUT2D eigenvalue weighted by molar-refractivity contribution is 7.91. The Morgan fingerprint density at radius 2 is 1.73 bits per heavy atom. The largest absolute Gasteiger partial charge is 0.449 e. The number of nitrogens with zero attached hydrogens (tertiary/aromatic N) is 2. The lowest BCUT2D eigenvalue weighted by Crippen LogP contribution is -2.59. The SMILES string of the molecule is CC[C@H]1C[C@]1(NC(=O)[C@@H]1C[C@@H]2CN1C(=O)[C@H](C1CCCCC1)NC(=O)OCC(C)(C)CCCCc1cccc3c1CN(C3)C(=O)CO2)C(=O)NS(=O)(=O)C1CC1. The van der Waals surface area contributed by atoms with E-state index in [0.717, 1.165) is 63.4 Å². The lowest BCUT2D eigenvalue weighted by atomic mass is 9.83. The van der Waals surface area contributed by atoms with Crippen LogP contribution in [0.5, 0.6) is 0 Å². The van der Waals surface area contributed by atoms with Gasteiger partial charge in [0.15, 0.2) is 0 Å². The summed E-state index contributed by atoms with van der Waals surface area (Å²) in [6, 6.07) is 4.16. The van der Waals surface area contributed by atoms with Crippen LogP contribution in [-0.2, 0) is 58.2 Å². The number of alkyl carbamates (subject to hydrolysis) is 1. The van der Waals surface area contributed by atoms with Gasteiger partial charge in [-0.1, -0.05) is 71.1 Å². The number of fused-ring (bicyclic) bond motifs is 3. The van der Waals surface area contributed by atoms with Crippen molar-refractivity contribution in [3.05, 3.63) is 34.9 Å². The number of rotatable bonds is 7. The summed E-state index contributed by atoms with van der Waals surface area (Å²) in [5.74, 6) is -2.46. The third-order valence-corrected chi connectivity index (χ3v) is 14.9. The van der Waals surface area contributed by atoms with E-state index in [9.17, 15) is 32.4 Å². The van der Waals surface area contributed by atoms with E-state index in [-0.39, 0.29) is 55.8 Å². The maximum Gasteiger partial charge on any atom is 0.407 e. The average molecular weight is 798 g/mol. The first-order valence-electron chi connectivity index (χ1n) is 20.8. The molecule has 0 aromatic heterocycles. The summed E-state index contributed by atoms with van der Waals surface area (Å²) in [4.78, 5) is 73.0. The van der Waals surface area contributed by atoms with E-state index in [2.05, 4.69) is 41.3 Å². The van der Waals surface area contributed by atoms with Crippen LogP contribution in [0.3, 0.4) is 0 Å². The van der Waals surface area contributed by atoms with Crippen LogP contribution < -0.4 is 15.4 Å². The van der Waals surface area contributed by atoms with Crippen molar-refractivity contribution in [2.24, 2.45) is 17.3 Å². The van der Waals surface area contributed by atoms with Crippen LogP contribution >= 0.6 is 0 Å². The third-order valence-electron chi connectivity index (χ3n) is 13.1. The van der Waals surface area contributed by atoms with E-state index in [4.69, 9.17) is 9.47 Å². The molecule has 6 aliphatic rings. The minimum atomic E-state index is -3.86. The predicted octanol–water partition coefficient (Wildman–Crippen LogP) is 3.84. The molecule has 0 spiro atoms. The zero-order valence-corrected chi connectivity index (χ0v) is 33.9. The van der Waals surface area contributed by atoms with Crippen LogP contribution in [0.4, 0.5) is 4.79 Å². The van der Waals surface area contributed by atoms with Gasteiger partial charge in [0.05, 0.1) is 18.0 Å². The number of carbonyl (C=O) groups is 5. The number of cyclic esters (lactones) is 1. The van der Waals surface area contributed by atoms with Crippen molar-refractivity contribution in [1.29, 1.82) is 0 Å². The van der Waals surface area contributed by atoms with E-state index in [1.54, 1.807) is 4.90 Å². The quantitative estimate of drug-likeness (QED) is 0.370. The van der Waals surface area contributed by atoms with E-state index in [1.807, 2.05) is 13.0 Å². The minimum Gasteiger partial charge on any atom is -0.449 e. The van der Waals surface area contributed by atoms with Gasteiger partial charge in [-0.2, -0.15) is 0 Å². The maximum atomic E-state index is 14.8. The van der Waals surface area contributed by atoms with Gasteiger partial charge in [-0.3, -0.25) is 23.9 Å². The first-order valence-corrected chi connectivity index (χ1v) is 22.3. The minimum absolute atomic E-state index is 0.00594. The van der Waals surface area contributed by atoms with Gasteiger partial charge in [0.2, 0.25) is 27.7 Å². The number of benzene rings is 1. The molecule has 1 aromatic carbocycles. The van der Waals surface area contributed by atoms with Gasteiger partial charge in [0.25, 0.3) is 5.91 Å². The lowest BCUT2D eigenvalue weighted by molar-refractivity contribution is -0.142. The summed E-state index contributed by atoms with van der Waals surface area (Å²) in [7, 11) is -3.86. The van der Waals surface area contributed by atoms with E-state index < -0.39 is 62.8 Å². The summed E-state index contributed by atoms with van der Waals surface area (Å²) < 4.78 is 39.7. The van der Waals surface area contributed by atoms with Gasteiger partial charge in [-0.05, 0) is 85.3 Å². The Morgan fingerprint density at radius 1 is 0.982 bits per heavy atom. The fourth-order valence-electron chi connectivity index (χ4n) is 9.34. The first kappa shape index (κ1) is 40.5. The fraction of sp³-hybridized carbons (Fsp3) is 0.732. The topological polar surface area (TPSA) is 181 Å². The maximum absolute atomic E-state index is 14.8. The van der Waals surface area contributed by atoms with Gasteiger partial charge in [-0.15, -0.1) is 0 Å². The van der Waals surface area contributed by atoms with E-state index in [0.29, 0.717) is 32.4 Å². The summed E-state index contributed by atoms with van der Waals surface area (Å²) in [5, 5.41) is 5.17. The Bertz CT molecular complexity index is 1810. The Hall–Kier alpha value is -3.72. The normalized spacial score (nSPS) is 30.5. The summed E-state index contributed by atoms with van der Waals surface area (Å²) in [5.41, 5.74) is 1.78. The number of carbonyl (C=O) groups excluding carboxylic acids is 5. The highest BCUT2D eigenvalue weighted by Crippen LogP contribution is 2.47. The Labute approximate surface area is 330 Å². The number of ether oxygens (including phenoxy) is 2. The second-order valence-corrected chi connectivity index (χ2v) is 19.9. The molecule has 5 amide bonds. The monoisotopic (exact) mass is 797 g/mol. The second kappa shape index (κ2) is 16.3. The Morgan fingerprint density at radius 3 is 2.45 bits per heavy atom. The molecule has 3 aliphatic carbocycles. The van der Waals surface area contributed by atoms with Crippen molar-refractivity contribution >= 4 is 39.7 Å². The van der Waals surface area contributed by atoms with Crippen LogP contribution in [0.15, 0.2) is 18.2 Å². The van der Waals surface area contributed by atoms with Crippen molar-refractivity contribution in [2.45, 2.75) is 153 Å². The standard InChI is InChI=1S/C41H59N5O9S/c1-4-29-20-41(29,38(50)44-56(52,53)31-16-17-31)43-36(48)33-19-30-22-46(33)37(49)35(27-12-6-5-7-13-27)42-39(51)55-25-40(2,3)18-9-8-11-26-14-10-15-28-21-45(23-32(26)28)34(47)24-54-30/h10,14-15,27,29-31,33,35H,4-9,11-13,16-25H2,1-3H3,(H,42,51)(H,43,48)(H,44,50)/t29-,30+,33-,35-,41+/m0/s1. The summed E-state index contributed by atoms with van der Waals surface area (Å²) in [6.07, 6.45) is 8.31. The van der Waals surface area contributed by atoms with Crippen molar-refractivity contribution in [2.75, 3.05) is 19.8 Å². The molecule has 1 saturated heterocycles. The fourth-order valence-corrected chi connectivity index (χ4v) is 10.7. The Kier molecular flexibility index (Phi) is 11.8. The molecule has 3 N–H and O–H groups in total. The molecule has 56 heavy (non-hydrogen) atoms. The molecule has 15 heteroatoms. The molecule has 3 saturated carbocycles. The van der Waals surface area contributed by atoms with E-state index >= 15 is 0 Å². The van der Waals surface area contributed by atoms with Crippen LogP contribution in [0.25, 0.3) is 0 Å². The number of sulfonamides is 1. The smallest absolute Gasteiger partial charge is 0.407 e. The lowest BCUT2D eigenvalue weighted by Gasteiger charge is -2.35. The molecule has 308 valence electrons. The zero-order chi connectivity index (χ0) is 39.8. The highest BCUT2D eigenvalue weighted by Gasteiger charge is 2.62. The Balaban J connectivity index is 1.15. The van der Waals surface area contributed by atoms with Crippen LogP contribution in [0.2, 0.25) is 0 Å². The predicted molar refractivity (Wildman–Crippen MR) is 206 cm³/mol. The molecule has 1 aromatic rings. The molecule has 4 fully saturated rings. The second-order valence-electron chi connectivity index (χ2n) is 17.9. The molecule has 0 unspecified atom stereocenters. The summed E-state index contributed by atoms with van der Waals surface area (Å²) >= 11 is 0.